The summed E-state index contributed by atoms with van der Waals surface area (Å²) in [7, 11) is 0. The summed E-state index contributed by atoms with van der Waals surface area (Å²) in [6.07, 6.45) is 10.2. The summed E-state index contributed by atoms with van der Waals surface area (Å²) < 4.78 is 4.66. The van der Waals surface area contributed by atoms with E-state index in [1.807, 2.05) is 0 Å². The number of aryl methyl sites for hydroxylation is 1. The maximum Gasteiger partial charge on any atom is 0.438 e. The minimum Gasteiger partial charge on any atom is -0.393 e. The van der Waals surface area contributed by atoms with Crippen LogP contribution in [0.1, 0.15) is 91.3 Å². The van der Waals surface area contributed by atoms with Crippen molar-refractivity contribution in [3.63, 3.8) is 0 Å². The van der Waals surface area contributed by atoms with Crippen LogP contribution in [0.4, 0.5) is 0 Å². The summed E-state index contributed by atoms with van der Waals surface area (Å²) in [6.45, 7) is 9.65. The molecule has 4 aliphatic carbocycles. The van der Waals surface area contributed by atoms with Crippen molar-refractivity contribution in [3.05, 3.63) is 16.4 Å². The summed E-state index contributed by atoms with van der Waals surface area (Å²) >= 11 is 0. The zero-order chi connectivity index (χ0) is 23.5. The first kappa shape index (κ1) is 23.6. The normalized spacial score (nSPS) is 48.1. The van der Waals surface area contributed by atoms with Crippen molar-refractivity contribution in [1.82, 2.24) is 10.1 Å². The predicted molar refractivity (Wildman–Crippen MR) is 126 cm³/mol. The molecular weight excluding hydrogens is 416 g/mol. The first-order valence-corrected chi connectivity index (χ1v) is 13.6. The van der Waals surface area contributed by atoms with Gasteiger partial charge < -0.3 is 10.2 Å². The Morgan fingerprint density at radius 2 is 1.85 bits per heavy atom. The third kappa shape index (κ3) is 3.74. The molecule has 4 saturated carbocycles. The second-order valence-electron chi connectivity index (χ2n) is 12.8. The van der Waals surface area contributed by atoms with Gasteiger partial charge in [-0.15, -0.1) is 0 Å². The maximum atomic E-state index is 11.4. The second-order valence-corrected chi connectivity index (χ2v) is 12.8. The Balaban J connectivity index is 1.37. The van der Waals surface area contributed by atoms with Gasteiger partial charge in [0, 0.05) is 6.42 Å². The largest absolute Gasteiger partial charge is 0.438 e. The Kier molecular flexibility index (Phi) is 6.09. The lowest BCUT2D eigenvalue weighted by Crippen LogP contribution is -2.56. The van der Waals surface area contributed by atoms with Crippen molar-refractivity contribution in [3.8, 4) is 0 Å². The van der Waals surface area contributed by atoms with Crippen molar-refractivity contribution >= 4 is 0 Å². The van der Waals surface area contributed by atoms with E-state index in [2.05, 4.69) is 42.4 Å². The van der Waals surface area contributed by atoms with Gasteiger partial charge in [-0.25, -0.2) is 4.79 Å². The zero-order valence-corrected chi connectivity index (χ0v) is 20.9. The first-order chi connectivity index (χ1) is 15.7. The number of aromatic nitrogens is 2. The minimum atomic E-state index is -0.492. The molecule has 1 unspecified atom stereocenters. The molecule has 1 aromatic rings. The first-order valence-electron chi connectivity index (χ1n) is 13.6. The molecule has 0 spiro atoms. The van der Waals surface area contributed by atoms with Crippen LogP contribution in [0.2, 0.25) is 0 Å². The van der Waals surface area contributed by atoms with Crippen LogP contribution in [0, 0.1) is 52.3 Å². The molecule has 0 radical (unpaired) electrons. The van der Waals surface area contributed by atoms with E-state index >= 15 is 0 Å². The van der Waals surface area contributed by atoms with E-state index in [9.17, 15) is 15.0 Å². The summed E-state index contributed by atoms with van der Waals surface area (Å²) in [6, 6.07) is 0. The van der Waals surface area contributed by atoms with E-state index in [0.29, 0.717) is 53.2 Å². The number of aromatic amines is 1. The molecule has 1 heterocycles. The Morgan fingerprint density at radius 1 is 1.09 bits per heavy atom. The Hall–Kier alpha value is -1.14. The lowest BCUT2D eigenvalue weighted by atomic mass is 9.42. The molecule has 0 aromatic carbocycles. The number of rotatable bonds is 5. The Labute approximate surface area is 197 Å². The number of aliphatic hydroxyl groups is 2. The van der Waals surface area contributed by atoms with Crippen molar-refractivity contribution in [2.45, 2.75) is 104 Å². The van der Waals surface area contributed by atoms with Crippen LogP contribution in [-0.4, -0.2) is 32.6 Å². The highest BCUT2D eigenvalue weighted by molar-refractivity contribution is 5.12. The molecule has 6 nitrogen and oxygen atoms in total. The molecule has 5 rings (SSSR count). The molecule has 3 N–H and O–H groups in total. The fraction of sp³-hybridized carbons (Fsp3) is 0.926. The number of aliphatic hydroxyl groups excluding tert-OH is 2. The molecule has 0 amide bonds. The zero-order valence-electron chi connectivity index (χ0n) is 20.9. The molecule has 6 heteroatoms. The quantitative estimate of drug-likeness (QED) is 0.598. The van der Waals surface area contributed by atoms with Crippen LogP contribution in [-0.2, 0) is 6.42 Å². The lowest BCUT2D eigenvalue weighted by molar-refractivity contribution is -0.153. The van der Waals surface area contributed by atoms with E-state index < -0.39 is 5.76 Å². The standard InChI is InChI=1S/C27H44N2O4/c1-5-16-12-18-19(26(3)10-8-17(30)13-20(16)26)9-11-27(4)21(18)14-22(31)24(27)15(2)6-7-23-28-25(32)33-29-23/h15-22,24,30-31H,5-14H2,1-4H3,(H,28,29,32)/t15-,16+,17-,18-,19+,20+,21+,22+,24?,26-,27+/m1/s1. The summed E-state index contributed by atoms with van der Waals surface area (Å²) in [5.74, 6) is 4.15. The third-order valence-electron chi connectivity index (χ3n) is 11.4. The highest BCUT2D eigenvalue weighted by atomic mass is 16.5. The van der Waals surface area contributed by atoms with Crippen molar-refractivity contribution < 1.29 is 14.7 Å². The summed E-state index contributed by atoms with van der Waals surface area (Å²) in [4.78, 5) is 13.9. The summed E-state index contributed by atoms with van der Waals surface area (Å²) in [5, 5.41) is 25.7. The maximum absolute atomic E-state index is 11.4. The van der Waals surface area contributed by atoms with Gasteiger partial charge in [-0.3, -0.25) is 9.51 Å². The van der Waals surface area contributed by atoms with E-state index in [0.717, 1.165) is 38.0 Å². The molecule has 186 valence electrons. The fourth-order valence-electron chi connectivity index (χ4n) is 9.93. The van der Waals surface area contributed by atoms with Gasteiger partial charge in [0.05, 0.1) is 12.2 Å². The van der Waals surface area contributed by atoms with Crippen LogP contribution in [0.5, 0.6) is 0 Å². The van der Waals surface area contributed by atoms with Crippen molar-refractivity contribution in [2.75, 3.05) is 0 Å². The number of fused-ring (bicyclic) bond motifs is 5. The van der Waals surface area contributed by atoms with Crippen molar-refractivity contribution in [1.29, 1.82) is 0 Å². The number of hydrogen-bond donors (Lipinski definition) is 3. The van der Waals surface area contributed by atoms with Gasteiger partial charge in [-0.05, 0) is 104 Å². The molecule has 0 saturated heterocycles. The van der Waals surface area contributed by atoms with E-state index in [1.54, 1.807) is 0 Å². The van der Waals surface area contributed by atoms with Gasteiger partial charge in [-0.1, -0.05) is 39.3 Å². The molecule has 1 aromatic heterocycles. The number of hydrogen-bond acceptors (Lipinski definition) is 5. The van der Waals surface area contributed by atoms with Crippen molar-refractivity contribution in [2.24, 2.45) is 52.3 Å². The molecule has 0 aliphatic heterocycles. The van der Waals surface area contributed by atoms with Crippen LogP contribution in [0.3, 0.4) is 0 Å². The average molecular weight is 461 g/mol. The SMILES string of the molecule is CC[C@H]1C[C@@H]2[C@H](CC[C@]3(C)C([C@H](C)CCc4noc(=O)[nH]4)[C@@H](O)C[C@@H]23)[C@@]2(C)CC[C@@H](O)C[C@@H]12. The van der Waals surface area contributed by atoms with Crippen LogP contribution in [0.25, 0.3) is 0 Å². The predicted octanol–water partition coefficient (Wildman–Crippen LogP) is 4.56. The van der Waals surface area contributed by atoms with E-state index in [1.165, 1.54) is 25.7 Å². The lowest BCUT2D eigenvalue weighted by Gasteiger charge is -2.63. The minimum absolute atomic E-state index is 0.110. The van der Waals surface area contributed by atoms with Gasteiger partial charge in [0.1, 0.15) is 0 Å². The molecule has 4 aliphatic rings. The topological polar surface area (TPSA) is 99.4 Å². The number of nitrogens with one attached hydrogen (secondary N) is 1. The molecular formula is C27H44N2O4. The van der Waals surface area contributed by atoms with Crippen LogP contribution < -0.4 is 5.76 Å². The Bertz CT molecular complexity index is 897. The Morgan fingerprint density at radius 3 is 2.55 bits per heavy atom. The van der Waals surface area contributed by atoms with Gasteiger partial charge >= 0.3 is 5.76 Å². The molecule has 4 fully saturated rings. The monoisotopic (exact) mass is 460 g/mol. The van der Waals surface area contributed by atoms with E-state index in [-0.39, 0.29) is 17.6 Å². The smallest absolute Gasteiger partial charge is 0.393 e. The second kappa shape index (κ2) is 8.51. The number of nitrogens with zero attached hydrogens (tertiary/aromatic N) is 1. The number of H-pyrrole nitrogens is 1. The van der Waals surface area contributed by atoms with Gasteiger partial charge in [0.15, 0.2) is 5.82 Å². The van der Waals surface area contributed by atoms with Crippen LogP contribution >= 0.6 is 0 Å². The third-order valence-corrected chi connectivity index (χ3v) is 11.4. The average Bonchev–Trinajstić information content (AvgIpc) is 3.31. The molecule has 0 bridgehead atoms. The highest BCUT2D eigenvalue weighted by Gasteiger charge is 2.63. The van der Waals surface area contributed by atoms with Gasteiger partial charge in [0.2, 0.25) is 0 Å². The molecule has 33 heavy (non-hydrogen) atoms. The fourth-order valence-corrected chi connectivity index (χ4v) is 9.93. The van der Waals surface area contributed by atoms with Gasteiger partial charge in [-0.2, -0.15) is 0 Å². The van der Waals surface area contributed by atoms with E-state index in [4.69, 9.17) is 0 Å². The highest BCUT2D eigenvalue weighted by Crippen LogP contribution is 2.69. The summed E-state index contributed by atoms with van der Waals surface area (Å²) in [5.41, 5.74) is 0.518. The van der Waals surface area contributed by atoms with Gasteiger partial charge in [0.25, 0.3) is 0 Å². The molecule has 11 atom stereocenters. The van der Waals surface area contributed by atoms with Crippen LogP contribution in [0.15, 0.2) is 9.32 Å².